The lowest BCUT2D eigenvalue weighted by Gasteiger charge is -2.29. The summed E-state index contributed by atoms with van der Waals surface area (Å²) >= 11 is 0. The van der Waals surface area contributed by atoms with Gasteiger partial charge in [0.1, 0.15) is 11.5 Å². The molecule has 2 heterocycles. The summed E-state index contributed by atoms with van der Waals surface area (Å²) in [6, 6.07) is 16.6. The number of aromatic nitrogens is 2. The van der Waals surface area contributed by atoms with Crippen molar-refractivity contribution in [1.82, 2.24) is 15.3 Å². The van der Waals surface area contributed by atoms with Crippen molar-refractivity contribution in [2.45, 2.75) is 26.4 Å². The van der Waals surface area contributed by atoms with Gasteiger partial charge in [0.15, 0.2) is 0 Å². The van der Waals surface area contributed by atoms with Crippen LogP contribution in [0, 0.1) is 6.92 Å². The second-order valence-electron chi connectivity index (χ2n) is 6.87. The van der Waals surface area contributed by atoms with Gasteiger partial charge in [0, 0.05) is 19.6 Å². The number of hydrogen-bond acceptors (Lipinski definition) is 4. The largest absolute Gasteiger partial charge is 0.351 e. The molecule has 0 atom stereocenters. The van der Waals surface area contributed by atoms with Crippen LogP contribution < -0.4 is 10.2 Å². The molecule has 4 rings (SSSR count). The number of nitrogens with one attached hydrogen (secondary N) is 1. The first-order valence-corrected chi connectivity index (χ1v) is 9.16. The Hall–Kier alpha value is -3.21. The average molecular weight is 358 g/mol. The van der Waals surface area contributed by atoms with Gasteiger partial charge in [0.2, 0.25) is 0 Å². The Bertz CT molecular complexity index is 935. The molecule has 0 radical (unpaired) electrons. The Balaban J connectivity index is 1.38. The number of rotatable bonds is 4. The van der Waals surface area contributed by atoms with Crippen molar-refractivity contribution in [2.24, 2.45) is 0 Å². The van der Waals surface area contributed by atoms with Gasteiger partial charge in [0.25, 0.3) is 5.91 Å². The molecular weight excluding hydrogens is 336 g/mol. The summed E-state index contributed by atoms with van der Waals surface area (Å²) in [5.74, 6) is 0.596. The molecule has 0 saturated carbocycles. The summed E-state index contributed by atoms with van der Waals surface area (Å²) in [5, 5.41) is 2.89. The van der Waals surface area contributed by atoms with E-state index in [1.165, 1.54) is 16.7 Å². The van der Waals surface area contributed by atoms with Crippen molar-refractivity contribution in [3.8, 4) is 0 Å². The molecule has 2 aromatic carbocycles. The van der Waals surface area contributed by atoms with Gasteiger partial charge in [-0.2, -0.15) is 0 Å². The molecule has 0 aliphatic carbocycles. The molecule has 5 heteroatoms. The van der Waals surface area contributed by atoms with Gasteiger partial charge >= 0.3 is 0 Å². The van der Waals surface area contributed by atoms with E-state index in [0.717, 1.165) is 30.9 Å². The number of carbonyl (C=O) groups is 1. The van der Waals surface area contributed by atoms with Crippen LogP contribution in [-0.4, -0.2) is 22.4 Å². The molecule has 1 amide bonds. The molecule has 0 bridgehead atoms. The minimum absolute atomic E-state index is 0.210. The highest BCUT2D eigenvalue weighted by Crippen LogP contribution is 2.22. The van der Waals surface area contributed by atoms with Crippen molar-refractivity contribution >= 4 is 11.7 Å². The monoisotopic (exact) mass is 358 g/mol. The zero-order chi connectivity index (χ0) is 18.6. The maximum absolute atomic E-state index is 12.3. The fourth-order valence-electron chi connectivity index (χ4n) is 3.27. The molecule has 1 N–H and O–H groups in total. The van der Waals surface area contributed by atoms with Crippen molar-refractivity contribution in [1.29, 1.82) is 0 Å². The Morgan fingerprint density at radius 3 is 2.56 bits per heavy atom. The Morgan fingerprint density at radius 2 is 1.81 bits per heavy atom. The van der Waals surface area contributed by atoms with E-state index in [4.69, 9.17) is 0 Å². The second kappa shape index (κ2) is 7.58. The standard InChI is InChI=1S/C22H22N4O/c1-16-6-8-17(9-7-16)12-25-22(27)20-13-24-21(14-23-20)26-11-10-18-4-2-3-5-19(18)15-26/h2-9,13-14H,10-12,15H2,1H3,(H,25,27). The molecule has 5 nitrogen and oxygen atoms in total. The summed E-state index contributed by atoms with van der Waals surface area (Å²) < 4.78 is 0. The number of anilines is 1. The number of benzene rings is 2. The van der Waals surface area contributed by atoms with E-state index in [9.17, 15) is 4.79 Å². The predicted molar refractivity (Wildman–Crippen MR) is 106 cm³/mol. The molecule has 0 spiro atoms. The SMILES string of the molecule is Cc1ccc(CNC(=O)c2cnc(N3CCc4ccccc4C3)cn2)cc1. The third-order valence-corrected chi connectivity index (χ3v) is 4.90. The van der Waals surface area contributed by atoms with Gasteiger partial charge in [-0.1, -0.05) is 54.1 Å². The molecule has 0 fully saturated rings. The fourth-order valence-corrected chi connectivity index (χ4v) is 3.27. The summed E-state index contributed by atoms with van der Waals surface area (Å²) in [5.41, 5.74) is 5.32. The van der Waals surface area contributed by atoms with E-state index in [-0.39, 0.29) is 5.91 Å². The lowest BCUT2D eigenvalue weighted by Crippen LogP contribution is -2.31. The third-order valence-electron chi connectivity index (χ3n) is 4.90. The maximum Gasteiger partial charge on any atom is 0.271 e. The normalized spacial score (nSPS) is 13.1. The lowest BCUT2D eigenvalue weighted by molar-refractivity contribution is 0.0945. The number of fused-ring (bicyclic) bond motifs is 1. The van der Waals surface area contributed by atoms with Gasteiger partial charge in [-0.05, 0) is 30.0 Å². The van der Waals surface area contributed by atoms with Gasteiger partial charge in [-0.3, -0.25) is 4.79 Å². The highest BCUT2D eigenvalue weighted by atomic mass is 16.1. The number of nitrogens with zero attached hydrogens (tertiary/aromatic N) is 3. The molecule has 136 valence electrons. The van der Waals surface area contributed by atoms with E-state index in [0.29, 0.717) is 12.2 Å². The zero-order valence-corrected chi connectivity index (χ0v) is 15.4. The van der Waals surface area contributed by atoms with Crippen LogP contribution in [-0.2, 0) is 19.5 Å². The molecule has 0 unspecified atom stereocenters. The topological polar surface area (TPSA) is 58.1 Å². The molecule has 27 heavy (non-hydrogen) atoms. The van der Waals surface area contributed by atoms with Crippen molar-refractivity contribution in [2.75, 3.05) is 11.4 Å². The predicted octanol–water partition coefficient (Wildman–Crippen LogP) is 3.28. The average Bonchev–Trinajstić information content (AvgIpc) is 2.73. The van der Waals surface area contributed by atoms with Crippen molar-refractivity contribution in [3.63, 3.8) is 0 Å². The fraction of sp³-hybridized carbons (Fsp3) is 0.227. The molecule has 1 aliphatic heterocycles. The number of aryl methyl sites for hydroxylation is 1. The van der Waals surface area contributed by atoms with Crippen LogP contribution in [0.5, 0.6) is 0 Å². The van der Waals surface area contributed by atoms with Crippen LogP contribution in [0.4, 0.5) is 5.82 Å². The quantitative estimate of drug-likeness (QED) is 0.778. The van der Waals surface area contributed by atoms with E-state index in [1.807, 2.05) is 31.2 Å². The van der Waals surface area contributed by atoms with Gasteiger partial charge < -0.3 is 10.2 Å². The highest BCUT2D eigenvalue weighted by Gasteiger charge is 2.18. The van der Waals surface area contributed by atoms with Crippen LogP contribution in [0.3, 0.4) is 0 Å². The summed E-state index contributed by atoms with van der Waals surface area (Å²) in [7, 11) is 0. The summed E-state index contributed by atoms with van der Waals surface area (Å²) in [4.78, 5) is 23.3. The lowest BCUT2D eigenvalue weighted by atomic mass is 10.0. The van der Waals surface area contributed by atoms with Crippen molar-refractivity contribution < 1.29 is 4.79 Å². The summed E-state index contributed by atoms with van der Waals surface area (Å²) in [6.07, 6.45) is 4.24. The van der Waals surface area contributed by atoms with Crippen LogP contribution in [0.15, 0.2) is 60.9 Å². The number of carbonyl (C=O) groups excluding carboxylic acids is 1. The van der Waals surface area contributed by atoms with Gasteiger partial charge in [0.05, 0.1) is 12.4 Å². The minimum Gasteiger partial charge on any atom is -0.351 e. The maximum atomic E-state index is 12.3. The van der Waals surface area contributed by atoms with Gasteiger partial charge in [-0.25, -0.2) is 9.97 Å². The van der Waals surface area contributed by atoms with E-state index >= 15 is 0 Å². The van der Waals surface area contributed by atoms with Crippen LogP contribution in [0.25, 0.3) is 0 Å². The van der Waals surface area contributed by atoms with E-state index in [1.54, 1.807) is 12.4 Å². The summed E-state index contributed by atoms with van der Waals surface area (Å²) in [6.45, 7) is 4.25. The zero-order valence-electron chi connectivity index (χ0n) is 15.4. The first kappa shape index (κ1) is 17.2. The Labute approximate surface area is 159 Å². The third kappa shape index (κ3) is 3.97. The van der Waals surface area contributed by atoms with Crippen LogP contribution >= 0.6 is 0 Å². The van der Waals surface area contributed by atoms with Crippen molar-refractivity contribution in [3.05, 3.63) is 88.9 Å². The Kier molecular flexibility index (Phi) is 4.83. The van der Waals surface area contributed by atoms with Gasteiger partial charge in [-0.15, -0.1) is 0 Å². The minimum atomic E-state index is -0.210. The Morgan fingerprint density at radius 1 is 1.04 bits per heavy atom. The first-order chi connectivity index (χ1) is 13.2. The van der Waals surface area contributed by atoms with Crippen LogP contribution in [0.2, 0.25) is 0 Å². The second-order valence-corrected chi connectivity index (χ2v) is 6.87. The van der Waals surface area contributed by atoms with E-state index in [2.05, 4.69) is 44.5 Å². The molecule has 1 aliphatic rings. The molecule has 3 aromatic rings. The molecular formula is C22H22N4O. The van der Waals surface area contributed by atoms with E-state index < -0.39 is 0 Å². The molecule has 0 saturated heterocycles. The number of hydrogen-bond donors (Lipinski definition) is 1. The van der Waals surface area contributed by atoms with Crippen LogP contribution in [0.1, 0.15) is 32.7 Å². The highest BCUT2D eigenvalue weighted by molar-refractivity contribution is 5.91. The first-order valence-electron chi connectivity index (χ1n) is 9.16. The molecule has 1 aromatic heterocycles. The smallest absolute Gasteiger partial charge is 0.271 e. The number of amides is 1.